The van der Waals surface area contributed by atoms with Crippen LogP contribution in [0.2, 0.25) is 0 Å². The Morgan fingerprint density at radius 2 is 2.07 bits per heavy atom. The molecular weight excluding hydrogens is 364 g/mol. The fraction of sp³-hybridized carbons (Fsp3) is 0.368. The highest BCUT2D eigenvalue weighted by atomic mass is 32.2. The number of benzene rings is 1. The number of aryl methyl sites for hydroxylation is 2. The van der Waals surface area contributed by atoms with Crippen LogP contribution in [0.15, 0.2) is 34.1 Å². The van der Waals surface area contributed by atoms with Crippen LogP contribution in [-0.2, 0) is 16.1 Å². The maximum atomic E-state index is 12.9. The number of carbonyl (C=O) groups excluding carboxylic acids is 2. The summed E-state index contributed by atoms with van der Waals surface area (Å²) in [6.45, 7) is 3.66. The molecule has 0 atom stereocenters. The number of thioether (sulfide) groups is 1. The largest absolute Gasteiger partial charge is 0.324 e. The Kier molecular flexibility index (Phi) is 4.51. The van der Waals surface area contributed by atoms with E-state index < -0.39 is 5.56 Å². The smallest absolute Gasteiger partial charge is 0.292 e. The molecule has 1 aliphatic heterocycles. The first-order chi connectivity index (χ1) is 12.9. The zero-order valence-corrected chi connectivity index (χ0v) is 16.0. The summed E-state index contributed by atoms with van der Waals surface area (Å²) in [5.74, 6) is -0.0578. The number of rotatable bonds is 4. The summed E-state index contributed by atoms with van der Waals surface area (Å²) in [6.07, 6.45) is 3.39. The van der Waals surface area contributed by atoms with Crippen LogP contribution in [0.5, 0.6) is 0 Å². The van der Waals surface area contributed by atoms with Crippen LogP contribution >= 0.6 is 11.8 Å². The van der Waals surface area contributed by atoms with E-state index >= 15 is 0 Å². The van der Waals surface area contributed by atoms with E-state index in [1.54, 1.807) is 11.1 Å². The van der Waals surface area contributed by atoms with E-state index in [0.717, 1.165) is 34.3 Å². The third-order valence-electron chi connectivity index (χ3n) is 4.72. The van der Waals surface area contributed by atoms with Crippen LogP contribution in [0.4, 0.5) is 11.4 Å². The van der Waals surface area contributed by atoms with Crippen molar-refractivity contribution in [2.24, 2.45) is 0 Å². The topological polar surface area (TPSA) is 84.3 Å². The third-order valence-corrected chi connectivity index (χ3v) is 5.72. The molecule has 0 bridgehead atoms. The van der Waals surface area contributed by atoms with Gasteiger partial charge in [0.15, 0.2) is 0 Å². The number of hydrogen-bond donors (Lipinski definition) is 1. The quantitative estimate of drug-likeness (QED) is 0.873. The molecule has 1 N–H and O–H groups in total. The fourth-order valence-electron chi connectivity index (χ4n) is 3.15. The number of carbonyl (C=O) groups is 2. The Labute approximate surface area is 160 Å². The zero-order chi connectivity index (χ0) is 19.1. The monoisotopic (exact) mass is 384 g/mol. The lowest BCUT2D eigenvalue weighted by Gasteiger charge is -2.28. The van der Waals surface area contributed by atoms with Gasteiger partial charge in [0.2, 0.25) is 11.8 Å². The highest BCUT2D eigenvalue weighted by molar-refractivity contribution is 8.00. The molecule has 2 heterocycles. The third kappa shape index (κ3) is 3.49. The van der Waals surface area contributed by atoms with Gasteiger partial charge in [-0.1, -0.05) is 12.1 Å². The van der Waals surface area contributed by atoms with Gasteiger partial charge in [-0.15, -0.1) is 11.8 Å². The molecule has 7 nitrogen and oxygen atoms in total. The molecule has 1 aromatic carbocycles. The lowest BCUT2D eigenvalue weighted by Crippen LogP contribution is -2.43. The van der Waals surface area contributed by atoms with Crippen molar-refractivity contribution in [3.63, 3.8) is 0 Å². The molecule has 2 aromatic rings. The zero-order valence-electron chi connectivity index (χ0n) is 15.2. The molecule has 2 aliphatic rings. The lowest BCUT2D eigenvalue weighted by atomic mass is 10.1. The number of hydrogen-bond acceptors (Lipinski definition) is 5. The van der Waals surface area contributed by atoms with Gasteiger partial charge in [-0.05, 0) is 43.9 Å². The standard InChI is InChI=1S/C19H20N4O3S/c1-11-3-4-12(2)14(7-11)21-16(24)9-22-19(26)18-15(8-20-22)27-10-17(25)23(18)13-5-6-13/h3-4,7-8,13H,5-6,9-10H2,1-2H3,(H,21,24). The molecule has 0 radical (unpaired) electrons. The van der Waals surface area contributed by atoms with Crippen LogP contribution < -0.4 is 15.8 Å². The van der Waals surface area contributed by atoms with Gasteiger partial charge in [-0.25, -0.2) is 4.68 Å². The van der Waals surface area contributed by atoms with Gasteiger partial charge in [0.25, 0.3) is 5.56 Å². The van der Waals surface area contributed by atoms with Gasteiger partial charge < -0.3 is 10.2 Å². The minimum Gasteiger partial charge on any atom is -0.324 e. The second-order valence-corrected chi connectivity index (χ2v) is 7.99. The first-order valence-corrected chi connectivity index (χ1v) is 9.84. The van der Waals surface area contributed by atoms with Gasteiger partial charge in [0, 0.05) is 11.7 Å². The number of aromatic nitrogens is 2. The molecule has 1 aromatic heterocycles. The van der Waals surface area contributed by atoms with Crippen molar-refractivity contribution >= 4 is 35.0 Å². The van der Waals surface area contributed by atoms with E-state index in [1.165, 1.54) is 11.8 Å². The average molecular weight is 384 g/mol. The second kappa shape index (κ2) is 6.84. The Balaban J connectivity index is 1.60. The van der Waals surface area contributed by atoms with Crippen molar-refractivity contribution in [2.45, 2.75) is 44.2 Å². The molecule has 1 fully saturated rings. The van der Waals surface area contributed by atoms with Crippen molar-refractivity contribution < 1.29 is 9.59 Å². The number of nitrogens with one attached hydrogen (secondary N) is 1. The van der Waals surface area contributed by atoms with E-state index in [-0.39, 0.29) is 24.4 Å². The van der Waals surface area contributed by atoms with Gasteiger partial charge in [-0.3, -0.25) is 14.4 Å². The van der Waals surface area contributed by atoms with E-state index in [1.807, 2.05) is 32.0 Å². The van der Waals surface area contributed by atoms with E-state index in [2.05, 4.69) is 10.4 Å². The molecule has 1 saturated carbocycles. The van der Waals surface area contributed by atoms with Crippen LogP contribution in [-0.4, -0.2) is 33.4 Å². The number of anilines is 2. The van der Waals surface area contributed by atoms with Gasteiger partial charge in [0.1, 0.15) is 12.2 Å². The average Bonchev–Trinajstić information content (AvgIpc) is 3.45. The SMILES string of the molecule is Cc1ccc(C)c(NC(=O)Cn2ncc3c(c2=O)N(C2CC2)C(=O)CS3)c1. The van der Waals surface area contributed by atoms with Crippen molar-refractivity contribution in [3.8, 4) is 0 Å². The fourth-order valence-corrected chi connectivity index (χ4v) is 4.01. The van der Waals surface area contributed by atoms with Crippen LogP contribution in [0.3, 0.4) is 0 Å². The van der Waals surface area contributed by atoms with E-state index in [0.29, 0.717) is 16.3 Å². The summed E-state index contributed by atoms with van der Waals surface area (Å²) in [7, 11) is 0. The van der Waals surface area contributed by atoms with Crippen molar-refractivity contribution in [1.29, 1.82) is 0 Å². The minimum atomic E-state index is -0.393. The summed E-state index contributed by atoms with van der Waals surface area (Å²) in [5.41, 5.74) is 2.68. The summed E-state index contributed by atoms with van der Waals surface area (Å²) >= 11 is 1.33. The number of amides is 2. The molecule has 0 spiro atoms. The Bertz CT molecular complexity index is 997. The Hall–Kier alpha value is -2.61. The maximum Gasteiger partial charge on any atom is 0.292 e. The van der Waals surface area contributed by atoms with Crippen molar-refractivity contribution in [3.05, 3.63) is 45.9 Å². The number of fused-ring (bicyclic) bond motifs is 1. The molecule has 140 valence electrons. The summed E-state index contributed by atoms with van der Waals surface area (Å²) in [4.78, 5) is 40.0. The summed E-state index contributed by atoms with van der Waals surface area (Å²) < 4.78 is 1.13. The Morgan fingerprint density at radius 1 is 1.30 bits per heavy atom. The van der Waals surface area contributed by atoms with Crippen LogP contribution in [0.1, 0.15) is 24.0 Å². The van der Waals surface area contributed by atoms with Gasteiger partial charge in [0.05, 0.1) is 16.8 Å². The first kappa shape index (κ1) is 17.8. The predicted molar refractivity (Wildman–Crippen MR) is 104 cm³/mol. The van der Waals surface area contributed by atoms with E-state index in [4.69, 9.17) is 0 Å². The molecular formula is C19H20N4O3S. The molecule has 8 heteroatoms. The normalized spacial score (nSPS) is 16.2. The molecule has 1 aliphatic carbocycles. The van der Waals surface area contributed by atoms with Gasteiger partial charge >= 0.3 is 0 Å². The highest BCUT2D eigenvalue weighted by Crippen LogP contribution is 2.38. The second-order valence-electron chi connectivity index (χ2n) is 6.97. The summed E-state index contributed by atoms with van der Waals surface area (Å²) in [6, 6.07) is 5.90. The molecule has 2 amide bonds. The predicted octanol–water partition coefficient (Wildman–Crippen LogP) is 2.10. The lowest BCUT2D eigenvalue weighted by molar-refractivity contribution is -0.117. The van der Waals surface area contributed by atoms with Crippen molar-refractivity contribution in [2.75, 3.05) is 16.0 Å². The number of nitrogens with zero attached hydrogens (tertiary/aromatic N) is 3. The molecule has 0 unspecified atom stereocenters. The van der Waals surface area contributed by atoms with E-state index in [9.17, 15) is 14.4 Å². The molecule has 27 heavy (non-hydrogen) atoms. The molecule has 0 saturated heterocycles. The highest BCUT2D eigenvalue weighted by Gasteiger charge is 2.39. The van der Waals surface area contributed by atoms with Crippen molar-refractivity contribution in [1.82, 2.24) is 9.78 Å². The first-order valence-electron chi connectivity index (χ1n) is 8.86. The van der Waals surface area contributed by atoms with Crippen LogP contribution in [0, 0.1) is 13.8 Å². The minimum absolute atomic E-state index is 0.0512. The molecule has 4 rings (SSSR count). The summed E-state index contributed by atoms with van der Waals surface area (Å²) in [5, 5.41) is 6.97. The maximum absolute atomic E-state index is 12.9. The van der Waals surface area contributed by atoms with Crippen LogP contribution in [0.25, 0.3) is 0 Å². The Morgan fingerprint density at radius 3 is 2.81 bits per heavy atom. The van der Waals surface area contributed by atoms with Gasteiger partial charge in [-0.2, -0.15) is 5.10 Å².